The van der Waals surface area contributed by atoms with E-state index < -0.39 is 18.6 Å². The topological polar surface area (TPSA) is 73.6 Å². The van der Waals surface area contributed by atoms with E-state index in [9.17, 15) is 13.6 Å². The van der Waals surface area contributed by atoms with Crippen molar-refractivity contribution in [2.45, 2.75) is 12.7 Å². The second-order valence-corrected chi connectivity index (χ2v) is 3.98. The van der Waals surface area contributed by atoms with E-state index in [1.165, 1.54) is 25.3 Å². The first-order chi connectivity index (χ1) is 8.93. The first-order valence-corrected chi connectivity index (χ1v) is 5.61. The third kappa shape index (κ3) is 4.98. The van der Waals surface area contributed by atoms with Gasteiger partial charge in [0.15, 0.2) is 0 Å². The second-order valence-electron chi connectivity index (χ2n) is 3.57. The van der Waals surface area contributed by atoms with Crippen LogP contribution in [0.4, 0.5) is 14.5 Å². The number of halogens is 3. The lowest BCUT2D eigenvalue weighted by Crippen LogP contribution is -2.39. The monoisotopic (exact) mass is 294 g/mol. The van der Waals surface area contributed by atoms with E-state index in [1.54, 1.807) is 0 Å². The molecule has 0 heterocycles. The zero-order valence-electron chi connectivity index (χ0n) is 10.0. The van der Waals surface area contributed by atoms with Gasteiger partial charge < -0.3 is 20.5 Å². The number of hydrogen-bond donors (Lipinski definition) is 2. The number of methoxy groups -OCH3 is 1. The van der Waals surface area contributed by atoms with Crippen molar-refractivity contribution >= 4 is 23.2 Å². The van der Waals surface area contributed by atoms with E-state index in [1.807, 2.05) is 0 Å². The normalized spacial score (nSPS) is 12.3. The van der Waals surface area contributed by atoms with Crippen LogP contribution in [0.2, 0.25) is 5.02 Å². The van der Waals surface area contributed by atoms with Gasteiger partial charge in [-0.05, 0) is 18.2 Å². The maximum Gasteiger partial charge on any atom is 0.387 e. The molecule has 0 aliphatic carbocycles. The Hall–Kier alpha value is -1.44. The number of nitrogens with two attached hydrogens (primary N) is 1. The number of hydrogen-bond acceptors (Lipinski definition) is 4. The molecule has 8 heteroatoms. The quantitative estimate of drug-likeness (QED) is 0.840. The van der Waals surface area contributed by atoms with E-state index in [0.717, 1.165) is 0 Å². The van der Waals surface area contributed by atoms with Gasteiger partial charge in [-0.3, -0.25) is 4.79 Å². The summed E-state index contributed by atoms with van der Waals surface area (Å²) in [4.78, 5) is 11.6. The van der Waals surface area contributed by atoms with Gasteiger partial charge in [-0.15, -0.1) is 0 Å². The third-order valence-electron chi connectivity index (χ3n) is 2.10. The van der Waals surface area contributed by atoms with Gasteiger partial charge >= 0.3 is 6.61 Å². The largest absolute Gasteiger partial charge is 0.433 e. The van der Waals surface area contributed by atoms with Crippen molar-refractivity contribution in [2.24, 2.45) is 5.73 Å². The molecule has 1 unspecified atom stereocenters. The van der Waals surface area contributed by atoms with Crippen LogP contribution >= 0.6 is 11.6 Å². The van der Waals surface area contributed by atoms with Gasteiger partial charge in [-0.2, -0.15) is 8.78 Å². The molecule has 0 aromatic heterocycles. The maximum atomic E-state index is 12.0. The summed E-state index contributed by atoms with van der Waals surface area (Å²) in [5, 5.41) is 2.43. The number of ether oxygens (including phenoxy) is 2. The van der Waals surface area contributed by atoms with Crippen molar-refractivity contribution in [3.05, 3.63) is 23.2 Å². The minimum Gasteiger partial charge on any atom is -0.433 e. The van der Waals surface area contributed by atoms with Gasteiger partial charge in [0, 0.05) is 12.8 Å². The predicted molar refractivity (Wildman–Crippen MR) is 66.6 cm³/mol. The Morgan fingerprint density at radius 3 is 2.74 bits per heavy atom. The summed E-state index contributed by atoms with van der Waals surface area (Å²) in [6, 6.07) is 3.06. The molecule has 1 aromatic carbocycles. The molecule has 1 aromatic rings. The van der Waals surface area contributed by atoms with Crippen LogP contribution in [0.25, 0.3) is 0 Å². The smallest absolute Gasteiger partial charge is 0.387 e. The van der Waals surface area contributed by atoms with Crippen LogP contribution in [0, 0.1) is 0 Å². The fraction of sp³-hybridized carbons (Fsp3) is 0.364. The molecule has 0 spiro atoms. The van der Waals surface area contributed by atoms with Gasteiger partial charge in [0.1, 0.15) is 11.8 Å². The number of benzene rings is 1. The Balaban J connectivity index is 2.70. The number of rotatable bonds is 6. The molecular weight excluding hydrogens is 282 g/mol. The van der Waals surface area contributed by atoms with Crippen molar-refractivity contribution in [2.75, 3.05) is 19.0 Å². The SMILES string of the molecule is COCC(N)C(=O)Nc1ccc(OC(F)F)c(Cl)c1. The Kier molecular flexibility index (Phi) is 5.94. The Bertz CT molecular complexity index is 446. The van der Waals surface area contributed by atoms with Crippen LogP contribution in [0.1, 0.15) is 0 Å². The average Bonchev–Trinajstić information content (AvgIpc) is 2.32. The van der Waals surface area contributed by atoms with E-state index in [4.69, 9.17) is 22.1 Å². The molecule has 0 radical (unpaired) electrons. The predicted octanol–water partition coefficient (Wildman–Crippen LogP) is 1.85. The van der Waals surface area contributed by atoms with Crippen molar-refractivity contribution < 1.29 is 23.0 Å². The molecular formula is C11H13ClF2N2O3. The molecule has 106 valence electrons. The fourth-order valence-corrected chi connectivity index (χ4v) is 1.49. The molecule has 1 amide bonds. The number of nitrogens with one attached hydrogen (secondary N) is 1. The first-order valence-electron chi connectivity index (χ1n) is 5.23. The van der Waals surface area contributed by atoms with Crippen LogP contribution in [0.15, 0.2) is 18.2 Å². The summed E-state index contributed by atoms with van der Waals surface area (Å²) in [6.45, 7) is -2.90. The van der Waals surface area contributed by atoms with Gasteiger partial charge in [0.05, 0.1) is 11.6 Å². The lowest BCUT2D eigenvalue weighted by atomic mass is 10.2. The van der Waals surface area contributed by atoms with Gasteiger partial charge in [-0.25, -0.2) is 0 Å². The fourth-order valence-electron chi connectivity index (χ4n) is 1.26. The highest BCUT2D eigenvalue weighted by Crippen LogP contribution is 2.28. The van der Waals surface area contributed by atoms with Crippen LogP contribution in [0.3, 0.4) is 0 Å². The van der Waals surface area contributed by atoms with Crippen LogP contribution < -0.4 is 15.8 Å². The van der Waals surface area contributed by atoms with Gasteiger partial charge in [0.25, 0.3) is 0 Å². The molecule has 5 nitrogen and oxygen atoms in total. The molecule has 0 saturated carbocycles. The summed E-state index contributed by atoms with van der Waals surface area (Å²) in [6.07, 6.45) is 0. The molecule has 1 atom stereocenters. The highest BCUT2D eigenvalue weighted by molar-refractivity contribution is 6.32. The number of anilines is 1. The van der Waals surface area contributed by atoms with Crippen molar-refractivity contribution in [3.8, 4) is 5.75 Å². The van der Waals surface area contributed by atoms with Crippen molar-refractivity contribution in [1.82, 2.24) is 0 Å². The minimum atomic E-state index is -2.96. The summed E-state index contributed by atoms with van der Waals surface area (Å²) in [5.74, 6) is -0.642. The van der Waals surface area contributed by atoms with Crippen LogP contribution in [0.5, 0.6) is 5.75 Å². The molecule has 0 fully saturated rings. The second kappa shape index (κ2) is 7.22. The summed E-state index contributed by atoms with van der Waals surface area (Å²) < 4.78 is 32.9. The van der Waals surface area contributed by atoms with Crippen LogP contribution in [-0.4, -0.2) is 32.3 Å². The summed E-state index contributed by atoms with van der Waals surface area (Å²) in [5.41, 5.74) is 5.84. The molecule has 0 bridgehead atoms. The first kappa shape index (κ1) is 15.6. The zero-order valence-corrected chi connectivity index (χ0v) is 10.8. The lowest BCUT2D eigenvalue weighted by molar-refractivity contribution is -0.118. The van der Waals surface area contributed by atoms with E-state index >= 15 is 0 Å². The summed E-state index contributed by atoms with van der Waals surface area (Å²) in [7, 11) is 1.42. The van der Waals surface area contributed by atoms with E-state index in [0.29, 0.717) is 5.69 Å². The number of carbonyl (C=O) groups excluding carboxylic acids is 1. The standard InChI is InChI=1S/C11H13ClF2N2O3/c1-18-5-8(15)10(17)16-6-2-3-9(7(12)4-6)19-11(13)14/h2-4,8,11H,5,15H2,1H3,(H,16,17). The molecule has 19 heavy (non-hydrogen) atoms. The zero-order chi connectivity index (χ0) is 14.4. The average molecular weight is 295 g/mol. The highest BCUT2D eigenvalue weighted by Gasteiger charge is 2.14. The number of amides is 1. The minimum absolute atomic E-state index is 0.0431. The Labute approximate surface area is 113 Å². The van der Waals surface area contributed by atoms with E-state index in [-0.39, 0.29) is 17.4 Å². The number of alkyl halides is 2. The van der Waals surface area contributed by atoms with Crippen LogP contribution in [-0.2, 0) is 9.53 Å². The third-order valence-corrected chi connectivity index (χ3v) is 2.39. The molecule has 1 rings (SSSR count). The van der Waals surface area contributed by atoms with Crippen molar-refractivity contribution in [1.29, 1.82) is 0 Å². The van der Waals surface area contributed by atoms with Gasteiger partial charge in [-0.1, -0.05) is 11.6 Å². The molecule has 0 saturated heterocycles. The molecule has 3 N–H and O–H groups in total. The molecule has 0 aliphatic heterocycles. The Morgan fingerprint density at radius 1 is 1.53 bits per heavy atom. The number of carbonyl (C=O) groups is 1. The lowest BCUT2D eigenvalue weighted by Gasteiger charge is -2.12. The van der Waals surface area contributed by atoms with E-state index in [2.05, 4.69) is 10.1 Å². The Morgan fingerprint density at radius 2 is 2.21 bits per heavy atom. The van der Waals surface area contributed by atoms with Gasteiger partial charge in [0.2, 0.25) is 5.91 Å². The highest BCUT2D eigenvalue weighted by atomic mass is 35.5. The summed E-state index contributed by atoms with van der Waals surface area (Å²) >= 11 is 5.73. The van der Waals surface area contributed by atoms with Crippen molar-refractivity contribution in [3.63, 3.8) is 0 Å². The maximum absolute atomic E-state index is 12.0. The molecule has 0 aliphatic rings.